The molecule has 1 atom stereocenters. The van der Waals surface area contributed by atoms with E-state index in [0.29, 0.717) is 6.04 Å². The molecular formula is C17H21N5. The average molecular weight is 295 g/mol. The first-order valence-corrected chi connectivity index (χ1v) is 7.80. The third-order valence-electron chi connectivity index (χ3n) is 4.43. The lowest BCUT2D eigenvalue weighted by molar-refractivity contribution is 0.460. The second-order valence-corrected chi connectivity index (χ2v) is 6.25. The van der Waals surface area contributed by atoms with Gasteiger partial charge in [0.15, 0.2) is 5.82 Å². The Hall–Kier alpha value is -2.30. The summed E-state index contributed by atoms with van der Waals surface area (Å²) < 4.78 is 2.33. The van der Waals surface area contributed by atoms with Crippen molar-refractivity contribution in [2.45, 2.75) is 33.0 Å². The minimum Gasteiger partial charge on any atom is -0.340 e. The summed E-state index contributed by atoms with van der Waals surface area (Å²) in [5.74, 6) is 3.22. The van der Waals surface area contributed by atoms with Gasteiger partial charge in [0.2, 0.25) is 5.96 Å². The number of nitrogens with zero attached hydrogens (tertiary/aromatic N) is 5. The van der Waals surface area contributed by atoms with Crippen molar-refractivity contribution in [1.82, 2.24) is 14.5 Å². The lowest BCUT2D eigenvalue weighted by atomic mass is 10.2. The van der Waals surface area contributed by atoms with Crippen LogP contribution in [0.4, 0.5) is 5.82 Å². The monoisotopic (exact) mass is 295 g/mol. The van der Waals surface area contributed by atoms with Gasteiger partial charge >= 0.3 is 0 Å². The van der Waals surface area contributed by atoms with Crippen molar-refractivity contribution in [3.63, 3.8) is 0 Å². The molecule has 0 aliphatic carbocycles. The largest absolute Gasteiger partial charge is 0.340 e. The molecule has 0 amide bonds. The standard InChI is InChI=1S/C17H21N5/c1-12-9-22-16-15(11-20(3)17(22)18-12)21(13(2)19-16)10-14-7-5-4-6-8-14/h4-8,12H,9-11H2,1-3H3/t12-/m1/s1. The zero-order valence-corrected chi connectivity index (χ0v) is 13.3. The summed E-state index contributed by atoms with van der Waals surface area (Å²) in [5.41, 5.74) is 2.60. The number of aryl methyl sites for hydroxylation is 1. The summed E-state index contributed by atoms with van der Waals surface area (Å²) in [6, 6.07) is 10.9. The number of imidazole rings is 1. The van der Waals surface area contributed by atoms with Crippen LogP contribution in [-0.2, 0) is 13.1 Å². The van der Waals surface area contributed by atoms with Crippen LogP contribution in [0.3, 0.4) is 0 Å². The molecule has 0 saturated heterocycles. The lowest BCUT2D eigenvalue weighted by Gasteiger charge is -2.32. The quantitative estimate of drug-likeness (QED) is 0.852. The summed E-state index contributed by atoms with van der Waals surface area (Å²) in [6.45, 7) is 6.92. The number of aliphatic imine (C=N–C) groups is 1. The van der Waals surface area contributed by atoms with Crippen LogP contribution in [0.2, 0.25) is 0 Å². The maximum atomic E-state index is 4.84. The van der Waals surface area contributed by atoms with Gasteiger partial charge in [-0.2, -0.15) is 0 Å². The van der Waals surface area contributed by atoms with E-state index in [1.54, 1.807) is 0 Å². The Balaban J connectivity index is 1.75. The molecule has 2 aliphatic rings. The van der Waals surface area contributed by atoms with Crippen molar-refractivity contribution in [2.75, 3.05) is 18.5 Å². The molecule has 4 rings (SSSR count). The molecule has 0 bridgehead atoms. The van der Waals surface area contributed by atoms with Gasteiger partial charge in [0, 0.05) is 20.1 Å². The third-order valence-corrected chi connectivity index (χ3v) is 4.43. The van der Waals surface area contributed by atoms with Crippen LogP contribution < -0.4 is 4.90 Å². The van der Waals surface area contributed by atoms with Gasteiger partial charge in [0.1, 0.15) is 5.82 Å². The predicted molar refractivity (Wildman–Crippen MR) is 88.2 cm³/mol. The molecule has 0 fully saturated rings. The maximum Gasteiger partial charge on any atom is 0.202 e. The van der Waals surface area contributed by atoms with Gasteiger partial charge in [-0.05, 0) is 19.4 Å². The van der Waals surface area contributed by atoms with Crippen LogP contribution in [0.1, 0.15) is 24.0 Å². The van der Waals surface area contributed by atoms with Gasteiger partial charge in [-0.15, -0.1) is 0 Å². The van der Waals surface area contributed by atoms with Crippen LogP contribution >= 0.6 is 0 Å². The second kappa shape index (κ2) is 4.87. The molecule has 1 aromatic carbocycles. The minimum atomic E-state index is 0.336. The fraction of sp³-hybridized carbons (Fsp3) is 0.412. The average Bonchev–Trinajstić information content (AvgIpc) is 3.03. The number of benzene rings is 1. The van der Waals surface area contributed by atoms with Crippen LogP contribution in [0.25, 0.3) is 0 Å². The highest BCUT2D eigenvalue weighted by Gasteiger charge is 2.35. The van der Waals surface area contributed by atoms with Crippen LogP contribution in [0.15, 0.2) is 35.3 Å². The second-order valence-electron chi connectivity index (χ2n) is 6.25. The topological polar surface area (TPSA) is 36.7 Å². The van der Waals surface area contributed by atoms with E-state index in [2.05, 4.69) is 65.6 Å². The van der Waals surface area contributed by atoms with Gasteiger partial charge in [0.05, 0.1) is 18.3 Å². The van der Waals surface area contributed by atoms with E-state index in [1.165, 1.54) is 11.3 Å². The highest BCUT2D eigenvalue weighted by Crippen LogP contribution is 2.31. The molecule has 0 radical (unpaired) electrons. The van der Waals surface area contributed by atoms with Crippen molar-refractivity contribution in [2.24, 2.45) is 4.99 Å². The lowest BCUT2D eigenvalue weighted by Crippen LogP contribution is -2.44. The molecular weight excluding hydrogens is 274 g/mol. The van der Waals surface area contributed by atoms with Crippen molar-refractivity contribution >= 4 is 11.8 Å². The Labute approximate surface area is 130 Å². The summed E-state index contributed by atoms with van der Waals surface area (Å²) in [4.78, 5) is 14.1. The molecule has 0 spiro atoms. The number of rotatable bonds is 2. The van der Waals surface area contributed by atoms with Gasteiger partial charge in [-0.1, -0.05) is 30.3 Å². The normalized spacial score (nSPS) is 20.0. The third kappa shape index (κ3) is 2.00. The Morgan fingerprint density at radius 2 is 2.00 bits per heavy atom. The van der Waals surface area contributed by atoms with Crippen molar-refractivity contribution in [1.29, 1.82) is 0 Å². The first kappa shape index (κ1) is 13.4. The molecule has 2 aliphatic heterocycles. The van der Waals surface area contributed by atoms with E-state index in [-0.39, 0.29) is 0 Å². The number of fused-ring (bicyclic) bond motifs is 3. The molecule has 1 aromatic heterocycles. The van der Waals surface area contributed by atoms with E-state index < -0.39 is 0 Å². The number of aromatic nitrogens is 2. The smallest absolute Gasteiger partial charge is 0.202 e. The molecule has 0 unspecified atom stereocenters. The highest BCUT2D eigenvalue weighted by molar-refractivity contribution is 5.99. The van der Waals surface area contributed by atoms with E-state index in [0.717, 1.165) is 37.2 Å². The number of anilines is 1. The highest BCUT2D eigenvalue weighted by atomic mass is 15.5. The van der Waals surface area contributed by atoms with Gasteiger partial charge < -0.3 is 9.47 Å². The van der Waals surface area contributed by atoms with Crippen LogP contribution in [0, 0.1) is 6.92 Å². The molecule has 5 heteroatoms. The molecule has 0 N–H and O–H groups in total. The number of hydrogen-bond acceptors (Lipinski definition) is 4. The van der Waals surface area contributed by atoms with Gasteiger partial charge in [0.25, 0.3) is 0 Å². The van der Waals surface area contributed by atoms with Crippen molar-refractivity contribution in [3.8, 4) is 0 Å². The van der Waals surface area contributed by atoms with Crippen molar-refractivity contribution in [3.05, 3.63) is 47.4 Å². The summed E-state index contributed by atoms with van der Waals surface area (Å²) in [6.07, 6.45) is 0. The minimum absolute atomic E-state index is 0.336. The maximum absolute atomic E-state index is 4.84. The molecule has 114 valence electrons. The van der Waals surface area contributed by atoms with Gasteiger partial charge in [-0.25, -0.2) is 9.98 Å². The Morgan fingerprint density at radius 3 is 2.77 bits per heavy atom. The van der Waals surface area contributed by atoms with Crippen LogP contribution in [-0.4, -0.2) is 40.0 Å². The molecule has 2 aromatic rings. The van der Waals surface area contributed by atoms with E-state index in [1.807, 2.05) is 0 Å². The zero-order chi connectivity index (χ0) is 15.3. The molecule has 22 heavy (non-hydrogen) atoms. The van der Waals surface area contributed by atoms with E-state index in [9.17, 15) is 0 Å². The summed E-state index contributed by atoms with van der Waals surface area (Å²) in [5, 5.41) is 0. The fourth-order valence-corrected chi connectivity index (χ4v) is 3.38. The SMILES string of the molecule is Cc1nc2c(n1Cc1ccccc1)CN(C)C1=N[C@H](C)CN12. The first-order chi connectivity index (χ1) is 10.6. The molecule has 5 nitrogen and oxygen atoms in total. The van der Waals surface area contributed by atoms with E-state index in [4.69, 9.17) is 9.98 Å². The Bertz CT molecular complexity index is 731. The summed E-state index contributed by atoms with van der Waals surface area (Å²) in [7, 11) is 2.11. The predicted octanol–water partition coefficient (Wildman–Crippen LogP) is 2.25. The van der Waals surface area contributed by atoms with Gasteiger partial charge in [-0.3, -0.25) is 4.90 Å². The fourth-order valence-electron chi connectivity index (χ4n) is 3.38. The molecule has 3 heterocycles. The number of hydrogen-bond donors (Lipinski definition) is 0. The first-order valence-electron chi connectivity index (χ1n) is 7.80. The summed E-state index contributed by atoms with van der Waals surface area (Å²) >= 11 is 0. The molecule has 0 saturated carbocycles. The number of guanidine groups is 1. The van der Waals surface area contributed by atoms with Crippen molar-refractivity contribution < 1.29 is 0 Å². The van der Waals surface area contributed by atoms with Crippen LogP contribution in [0.5, 0.6) is 0 Å². The Morgan fingerprint density at radius 1 is 1.23 bits per heavy atom. The zero-order valence-electron chi connectivity index (χ0n) is 13.3. The Kier molecular flexibility index (Phi) is 2.96. The van der Waals surface area contributed by atoms with E-state index >= 15 is 0 Å².